The zero-order valence-corrected chi connectivity index (χ0v) is 18.4. The van der Waals surface area contributed by atoms with Crippen LogP contribution in [0.4, 0.5) is 0 Å². The molecule has 1 aliphatic carbocycles. The van der Waals surface area contributed by atoms with Crippen LogP contribution in [-0.4, -0.2) is 59.9 Å². The number of hydrogen-bond acceptors (Lipinski definition) is 3. The predicted molar refractivity (Wildman–Crippen MR) is 119 cm³/mol. The van der Waals surface area contributed by atoms with Crippen molar-refractivity contribution in [3.05, 3.63) is 35.9 Å². The Bertz CT molecular complexity index is 716. The van der Waals surface area contributed by atoms with E-state index >= 15 is 0 Å². The van der Waals surface area contributed by atoms with Gasteiger partial charge in [0, 0.05) is 32.6 Å². The second-order valence-electron chi connectivity index (χ2n) is 9.55. The Morgan fingerprint density at radius 2 is 1.77 bits per heavy atom. The summed E-state index contributed by atoms with van der Waals surface area (Å²) < 4.78 is 0. The lowest BCUT2D eigenvalue weighted by Gasteiger charge is -2.40. The van der Waals surface area contributed by atoms with Gasteiger partial charge in [0.25, 0.3) is 0 Å². The summed E-state index contributed by atoms with van der Waals surface area (Å²) >= 11 is 0. The molecule has 5 nitrogen and oxygen atoms in total. The third-order valence-corrected chi connectivity index (χ3v) is 7.54. The fraction of sp³-hybridized carbons (Fsp3) is 0.680. The van der Waals surface area contributed by atoms with E-state index in [0.29, 0.717) is 17.9 Å². The highest BCUT2D eigenvalue weighted by Crippen LogP contribution is 2.34. The minimum atomic E-state index is -0.332. The lowest BCUT2D eigenvalue weighted by molar-refractivity contribution is -0.139. The quantitative estimate of drug-likeness (QED) is 0.782. The van der Waals surface area contributed by atoms with Crippen LogP contribution in [0.25, 0.3) is 0 Å². The number of nitrogens with one attached hydrogen (secondary N) is 1. The van der Waals surface area contributed by atoms with E-state index in [1.54, 1.807) is 6.92 Å². The lowest BCUT2D eigenvalue weighted by Crippen LogP contribution is -2.57. The summed E-state index contributed by atoms with van der Waals surface area (Å²) in [5.74, 6) is 1.01. The molecule has 2 amide bonds. The molecule has 0 radical (unpaired) electrons. The maximum atomic E-state index is 13.6. The van der Waals surface area contributed by atoms with Crippen LogP contribution in [0, 0.1) is 11.8 Å². The molecule has 1 aromatic rings. The molecule has 1 aromatic carbocycles. The van der Waals surface area contributed by atoms with E-state index in [4.69, 9.17) is 0 Å². The third-order valence-electron chi connectivity index (χ3n) is 7.54. The molecular formula is C25H37N3O2. The van der Waals surface area contributed by atoms with Crippen LogP contribution in [-0.2, 0) is 16.0 Å². The maximum Gasteiger partial charge on any atom is 0.245 e. The van der Waals surface area contributed by atoms with E-state index < -0.39 is 0 Å². The maximum absolute atomic E-state index is 13.6. The molecular weight excluding hydrogens is 374 g/mol. The highest BCUT2D eigenvalue weighted by atomic mass is 16.2. The van der Waals surface area contributed by atoms with Gasteiger partial charge in [-0.25, -0.2) is 0 Å². The smallest absolute Gasteiger partial charge is 0.245 e. The van der Waals surface area contributed by atoms with Crippen molar-refractivity contribution in [1.29, 1.82) is 0 Å². The molecule has 2 aliphatic heterocycles. The highest BCUT2D eigenvalue weighted by molar-refractivity contribution is 5.87. The molecule has 3 atom stereocenters. The van der Waals surface area contributed by atoms with Crippen molar-refractivity contribution in [3.8, 4) is 0 Å². The third kappa shape index (κ3) is 5.05. The van der Waals surface area contributed by atoms with E-state index in [1.807, 2.05) is 0 Å². The summed E-state index contributed by atoms with van der Waals surface area (Å²) in [6.45, 7) is 5.55. The number of fused-ring (bicyclic) bond motifs is 1. The molecule has 5 heteroatoms. The number of benzene rings is 1. The molecule has 3 aliphatic rings. The van der Waals surface area contributed by atoms with Gasteiger partial charge in [-0.15, -0.1) is 0 Å². The summed E-state index contributed by atoms with van der Waals surface area (Å²) in [6, 6.07) is 10.6. The average Bonchev–Trinajstić information content (AvgIpc) is 3.20. The van der Waals surface area contributed by atoms with Gasteiger partial charge in [0.2, 0.25) is 11.8 Å². The Kier molecular flexibility index (Phi) is 7.08. The predicted octanol–water partition coefficient (Wildman–Crippen LogP) is 3.24. The lowest BCUT2D eigenvalue weighted by atomic mass is 9.83. The molecule has 1 N–H and O–H groups in total. The minimum Gasteiger partial charge on any atom is -0.344 e. The van der Waals surface area contributed by atoms with E-state index in [0.717, 1.165) is 51.9 Å². The van der Waals surface area contributed by atoms with Gasteiger partial charge in [-0.2, -0.15) is 0 Å². The Morgan fingerprint density at radius 1 is 1.03 bits per heavy atom. The van der Waals surface area contributed by atoms with Gasteiger partial charge in [0.05, 0.1) is 0 Å². The first kappa shape index (κ1) is 21.4. The van der Waals surface area contributed by atoms with E-state index in [9.17, 15) is 9.59 Å². The topological polar surface area (TPSA) is 52.7 Å². The van der Waals surface area contributed by atoms with Gasteiger partial charge >= 0.3 is 0 Å². The van der Waals surface area contributed by atoms with Crippen molar-refractivity contribution in [2.45, 2.75) is 70.4 Å². The second-order valence-corrected chi connectivity index (χ2v) is 9.55. The summed E-state index contributed by atoms with van der Waals surface area (Å²) in [4.78, 5) is 30.2. The summed E-state index contributed by atoms with van der Waals surface area (Å²) in [5, 5.41) is 3.04. The minimum absolute atomic E-state index is 0.0807. The summed E-state index contributed by atoms with van der Waals surface area (Å²) in [6.07, 6.45) is 9.06. The van der Waals surface area contributed by atoms with Crippen molar-refractivity contribution in [1.82, 2.24) is 15.1 Å². The van der Waals surface area contributed by atoms with Crippen LogP contribution in [0.1, 0.15) is 57.4 Å². The monoisotopic (exact) mass is 411 g/mol. The molecule has 0 aromatic heterocycles. The largest absolute Gasteiger partial charge is 0.344 e. The number of nitrogens with zero attached hydrogens (tertiary/aromatic N) is 2. The van der Waals surface area contributed by atoms with Crippen molar-refractivity contribution in [2.24, 2.45) is 11.8 Å². The summed E-state index contributed by atoms with van der Waals surface area (Å²) in [5.41, 5.74) is 1.38. The zero-order chi connectivity index (χ0) is 20.9. The van der Waals surface area contributed by atoms with Crippen molar-refractivity contribution < 1.29 is 9.59 Å². The van der Waals surface area contributed by atoms with Crippen molar-refractivity contribution >= 4 is 11.8 Å². The Labute approximate surface area is 181 Å². The molecule has 0 spiro atoms. The van der Waals surface area contributed by atoms with Gasteiger partial charge in [0.1, 0.15) is 6.04 Å². The summed E-state index contributed by atoms with van der Waals surface area (Å²) in [7, 11) is 0. The molecule has 2 saturated heterocycles. The van der Waals surface area contributed by atoms with Gasteiger partial charge in [-0.05, 0) is 56.0 Å². The van der Waals surface area contributed by atoms with Gasteiger partial charge in [0.15, 0.2) is 0 Å². The molecule has 4 rings (SSSR count). The average molecular weight is 412 g/mol. The Balaban J connectivity index is 1.40. The van der Waals surface area contributed by atoms with E-state index in [1.165, 1.54) is 31.2 Å². The number of likely N-dealkylation sites (tertiary alicyclic amines) is 2. The first-order chi connectivity index (χ1) is 14.6. The Hall–Kier alpha value is -1.88. The van der Waals surface area contributed by atoms with Crippen LogP contribution in [0.15, 0.2) is 30.3 Å². The SMILES string of the molecule is CC(=O)N[C@H](C(=O)N1CC[C@@H]2CCN(CCc3ccccc3)C[C@@H]21)C1CCCCC1. The number of piperidine rings is 1. The molecule has 3 fully saturated rings. The first-order valence-corrected chi connectivity index (χ1v) is 12.0. The number of carbonyl (C=O) groups is 2. The van der Waals surface area contributed by atoms with Crippen molar-refractivity contribution in [3.63, 3.8) is 0 Å². The first-order valence-electron chi connectivity index (χ1n) is 12.0. The zero-order valence-electron chi connectivity index (χ0n) is 18.4. The molecule has 164 valence electrons. The van der Waals surface area contributed by atoms with Gasteiger partial charge in [-0.1, -0.05) is 49.6 Å². The van der Waals surface area contributed by atoms with Crippen molar-refractivity contribution in [2.75, 3.05) is 26.2 Å². The van der Waals surface area contributed by atoms with E-state index in [2.05, 4.69) is 45.4 Å². The number of amides is 2. The normalized spacial score (nSPS) is 26.2. The van der Waals surface area contributed by atoms with Gasteiger partial charge < -0.3 is 15.1 Å². The van der Waals surface area contributed by atoms with Crippen LogP contribution in [0.5, 0.6) is 0 Å². The molecule has 0 bridgehead atoms. The van der Waals surface area contributed by atoms with E-state index in [-0.39, 0.29) is 17.9 Å². The molecule has 30 heavy (non-hydrogen) atoms. The van der Waals surface area contributed by atoms with Gasteiger partial charge in [-0.3, -0.25) is 9.59 Å². The molecule has 1 saturated carbocycles. The van der Waals surface area contributed by atoms with Crippen LogP contribution >= 0.6 is 0 Å². The molecule has 2 heterocycles. The number of rotatable bonds is 6. The number of carbonyl (C=O) groups excluding carboxylic acids is 2. The Morgan fingerprint density at radius 3 is 2.50 bits per heavy atom. The van der Waals surface area contributed by atoms with Crippen LogP contribution in [0.3, 0.4) is 0 Å². The standard InChI is InChI=1S/C25H37N3O2/c1-19(29)26-24(22-10-6-3-7-11-22)25(30)28-17-14-21-13-16-27(18-23(21)28)15-12-20-8-4-2-5-9-20/h2,4-5,8-9,21-24H,3,6-7,10-18H2,1H3,(H,26,29)/t21-,23-,24-/m0/s1. The highest BCUT2D eigenvalue weighted by Gasteiger charge is 2.43. The fourth-order valence-corrected chi connectivity index (χ4v) is 5.86. The van der Waals surface area contributed by atoms with Crippen LogP contribution in [0.2, 0.25) is 0 Å². The van der Waals surface area contributed by atoms with Crippen LogP contribution < -0.4 is 5.32 Å². The number of hydrogen-bond donors (Lipinski definition) is 1. The fourth-order valence-electron chi connectivity index (χ4n) is 5.86. The molecule has 0 unspecified atom stereocenters. The second kappa shape index (κ2) is 9.95.